The molecule has 2 aliphatic rings. The van der Waals surface area contributed by atoms with Crippen molar-refractivity contribution in [1.29, 1.82) is 0 Å². The van der Waals surface area contributed by atoms with E-state index in [0.717, 1.165) is 39.3 Å². The third kappa shape index (κ3) is 4.22. The van der Waals surface area contributed by atoms with E-state index in [1.807, 2.05) is 11.8 Å². The van der Waals surface area contributed by atoms with E-state index in [2.05, 4.69) is 54.2 Å². The molecule has 138 valence electrons. The highest BCUT2D eigenvalue weighted by molar-refractivity contribution is 5.78. The molecule has 0 aliphatic carbocycles. The Labute approximate surface area is 151 Å². The number of hydrogen-bond donors (Lipinski definition) is 0. The molecule has 0 radical (unpaired) electrons. The lowest BCUT2D eigenvalue weighted by atomic mass is 9.80. The molecule has 0 aromatic heterocycles. The minimum absolute atomic E-state index is 0.143. The fourth-order valence-electron chi connectivity index (χ4n) is 4.58. The Balaban J connectivity index is 1.67. The fraction of sp³-hybridized carbons (Fsp3) is 0.650. The maximum Gasteiger partial charge on any atom is 0.248 e. The summed E-state index contributed by atoms with van der Waals surface area (Å²) in [5.74, 6) is 0.688. The van der Waals surface area contributed by atoms with E-state index >= 15 is 0 Å². The van der Waals surface area contributed by atoms with E-state index in [-0.39, 0.29) is 17.9 Å². The van der Waals surface area contributed by atoms with Crippen molar-refractivity contribution in [1.82, 2.24) is 14.7 Å². The average Bonchev–Trinajstić information content (AvgIpc) is 3.05. The summed E-state index contributed by atoms with van der Waals surface area (Å²) in [6, 6.07) is 10.7. The minimum atomic E-state index is 0.143. The highest BCUT2D eigenvalue weighted by atomic mass is 16.5. The molecule has 1 amide bonds. The SMILES string of the molecule is CCOCC(=O)N1C[C@H]2CN(Cc3ccccc3)C[C@@]2(CN(C)C)C1. The van der Waals surface area contributed by atoms with Crippen LogP contribution in [0.15, 0.2) is 30.3 Å². The first-order valence-electron chi connectivity index (χ1n) is 9.29. The Kier molecular flexibility index (Phi) is 5.77. The Morgan fingerprint density at radius 3 is 2.68 bits per heavy atom. The van der Waals surface area contributed by atoms with Crippen molar-refractivity contribution in [3.8, 4) is 0 Å². The number of hydrogen-bond acceptors (Lipinski definition) is 4. The normalized spacial score (nSPS) is 26.4. The topological polar surface area (TPSA) is 36.0 Å². The van der Waals surface area contributed by atoms with Gasteiger partial charge < -0.3 is 14.5 Å². The van der Waals surface area contributed by atoms with E-state index in [4.69, 9.17) is 4.74 Å². The van der Waals surface area contributed by atoms with Crippen LogP contribution in [-0.4, -0.2) is 80.6 Å². The highest BCUT2D eigenvalue weighted by Gasteiger charge is 2.53. The van der Waals surface area contributed by atoms with Gasteiger partial charge in [-0.1, -0.05) is 30.3 Å². The van der Waals surface area contributed by atoms with Crippen molar-refractivity contribution >= 4 is 5.91 Å². The van der Waals surface area contributed by atoms with E-state index in [1.165, 1.54) is 5.56 Å². The van der Waals surface area contributed by atoms with Gasteiger partial charge in [0.05, 0.1) is 0 Å². The molecular weight excluding hydrogens is 314 g/mol. The van der Waals surface area contributed by atoms with Crippen LogP contribution in [0.5, 0.6) is 0 Å². The second kappa shape index (κ2) is 7.85. The van der Waals surface area contributed by atoms with Gasteiger partial charge in [0.1, 0.15) is 6.61 Å². The van der Waals surface area contributed by atoms with Crippen LogP contribution >= 0.6 is 0 Å². The summed E-state index contributed by atoms with van der Waals surface area (Å²) in [7, 11) is 4.27. The summed E-state index contributed by atoms with van der Waals surface area (Å²) >= 11 is 0. The first kappa shape index (κ1) is 18.4. The minimum Gasteiger partial charge on any atom is -0.372 e. The van der Waals surface area contributed by atoms with Gasteiger partial charge in [0.15, 0.2) is 0 Å². The number of amides is 1. The molecule has 2 saturated heterocycles. The smallest absolute Gasteiger partial charge is 0.248 e. The van der Waals surface area contributed by atoms with E-state index in [1.54, 1.807) is 0 Å². The van der Waals surface area contributed by atoms with Crippen molar-refractivity contribution in [2.75, 3.05) is 60.0 Å². The van der Waals surface area contributed by atoms with E-state index in [0.29, 0.717) is 12.5 Å². The lowest BCUT2D eigenvalue weighted by Crippen LogP contribution is -2.43. The van der Waals surface area contributed by atoms with Crippen LogP contribution in [0.3, 0.4) is 0 Å². The summed E-state index contributed by atoms with van der Waals surface area (Å²) < 4.78 is 5.33. The van der Waals surface area contributed by atoms with Gasteiger partial charge in [-0.15, -0.1) is 0 Å². The van der Waals surface area contributed by atoms with Crippen LogP contribution in [0.1, 0.15) is 12.5 Å². The van der Waals surface area contributed by atoms with Gasteiger partial charge in [0, 0.05) is 51.3 Å². The lowest BCUT2D eigenvalue weighted by Gasteiger charge is -2.32. The van der Waals surface area contributed by atoms with Crippen LogP contribution in [0.4, 0.5) is 0 Å². The van der Waals surface area contributed by atoms with Crippen molar-refractivity contribution in [2.24, 2.45) is 11.3 Å². The van der Waals surface area contributed by atoms with Crippen LogP contribution in [0.2, 0.25) is 0 Å². The van der Waals surface area contributed by atoms with Crippen molar-refractivity contribution in [3.63, 3.8) is 0 Å². The number of carbonyl (C=O) groups excluding carboxylic acids is 1. The summed E-state index contributed by atoms with van der Waals surface area (Å²) in [4.78, 5) is 19.3. The Hall–Kier alpha value is -1.43. The zero-order valence-electron chi connectivity index (χ0n) is 15.8. The number of benzene rings is 1. The van der Waals surface area contributed by atoms with Gasteiger partial charge >= 0.3 is 0 Å². The second-order valence-electron chi connectivity index (χ2n) is 7.86. The molecule has 1 aromatic carbocycles. The van der Waals surface area contributed by atoms with Crippen molar-refractivity contribution in [3.05, 3.63) is 35.9 Å². The summed E-state index contributed by atoms with van der Waals surface area (Å²) in [5, 5.41) is 0. The molecule has 0 bridgehead atoms. The van der Waals surface area contributed by atoms with Crippen molar-refractivity contribution in [2.45, 2.75) is 13.5 Å². The molecule has 2 heterocycles. The summed E-state index contributed by atoms with van der Waals surface area (Å²) in [6.45, 7) is 8.62. The van der Waals surface area contributed by atoms with Crippen LogP contribution in [-0.2, 0) is 16.1 Å². The molecule has 25 heavy (non-hydrogen) atoms. The number of nitrogens with zero attached hydrogens (tertiary/aromatic N) is 3. The van der Waals surface area contributed by atoms with Crippen molar-refractivity contribution < 1.29 is 9.53 Å². The largest absolute Gasteiger partial charge is 0.372 e. The lowest BCUT2D eigenvalue weighted by molar-refractivity contribution is -0.135. The zero-order valence-corrected chi connectivity index (χ0v) is 15.8. The van der Waals surface area contributed by atoms with Crippen LogP contribution < -0.4 is 0 Å². The molecule has 0 unspecified atom stereocenters. The number of likely N-dealkylation sites (tertiary alicyclic amines) is 2. The van der Waals surface area contributed by atoms with Gasteiger partial charge in [0.2, 0.25) is 5.91 Å². The molecular formula is C20H31N3O2. The van der Waals surface area contributed by atoms with Gasteiger partial charge in [-0.05, 0) is 32.5 Å². The third-order valence-electron chi connectivity index (χ3n) is 5.49. The highest BCUT2D eigenvalue weighted by Crippen LogP contribution is 2.43. The number of rotatable bonds is 7. The molecule has 2 aliphatic heterocycles. The monoisotopic (exact) mass is 345 g/mol. The van der Waals surface area contributed by atoms with Crippen LogP contribution in [0.25, 0.3) is 0 Å². The predicted octanol–water partition coefficient (Wildman–Crippen LogP) is 1.55. The average molecular weight is 345 g/mol. The molecule has 5 heteroatoms. The zero-order chi connectivity index (χ0) is 17.9. The Bertz CT molecular complexity index is 578. The fourth-order valence-corrected chi connectivity index (χ4v) is 4.58. The maximum absolute atomic E-state index is 12.4. The third-order valence-corrected chi connectivity index (χ3v) is 5.49. The molecule has 0 saturated carbocycles. The van der Waals surface area contributed by atoms with Gasteiger partial charge in [-0.25, -0.2) is 0 Å². The first-order chi connectivity index (χ1) is 12.0. The molecule has 5 nitrogen and oxygen atoms in total. The molecule has 1 aromatic rings. The molecule has 2 atom stereocenters. The maximum atomic E-state index is 12.4. The predicted molar refractivity (Wildman–Crippen MR) is 99.3 cm³/mol. The molecule has 3 rings (SSSR count). The summed E-state index contributed by atoms with van der Waals surface area (Å²) in [5.41, 5.74) is 1.55. The number of ether oxygens (including phenoxy) is 1. The molecule has 0 spiro atoms. The number of fused-ring (bicyclic) bond motifs is 1. The molecule has 0 N–H and O–H groups in total. The Morgan fingerprint density at radius 1 is 1.24 bits per heavy atom. The van der Waals surface area contributed by atoms with E-state index in [9.17, 15) is 4.79 Å². The van der Waals surface area contributed by atoms with Crippen LogP contribution in [0, 0.1) is 11.3 Å². The standard InChI is InChI=1S/C20H31N3O2/c1-4-25-13-19(24)23-12-18-11-22(10-17-8-6-5-7-9-17)15-20(18,16-23)14-21(2)3/h5-9,18H,4,10-16H2,1-3H3/t18-,20+/m1/s1. The number of carbonyl (C=O) groups is 1. The van der Waals surface area contributed by atoms with Gasteiger partial charge in [-0.3, -0.25) is 9.69 Å². The Morgan fingerprint density at radius 2 is 2.00 bits per heavy atom. The first-order valence-corrected chi connectivity index (χ1v) is 9.29. The second-order valence-corrected chi connectivity index (χ2v) is 7.86. The van der Waals surface area contributed by atoms with Gasteiger partial charge in [0.25, 0.3) is 0 Å². The molecule has 2 fully saturated rings. The van der Waals surface area contributed by atoms with Gasteiger partial charge in [-0.2, -0.15) is 0 Å². The summed E-state index contributed by atoms with van der Waals surface area (Å²) in [6.07, 6.45) is 0. The quantitative estimate of drug-likeness (QED) is 0.751. The van der Waals surface area contributed by atoms with E-state index < -0.39 is 0 Å².